The molecular formula is C27H32F2N3O7PS. The van der Waals surface area contributed by atoms with E-state index in [0.29, 0.717) is 22.5 Å². The van der Waals surface area contributed by atoms with Gasteiger partial charge in [0.15, 0.2) is 9.84 Å². The molecule has 0 atom stereocenters. The molecule has 0 amide bonds. The number of halogens is 2. The molecule has 4 rings (SSSR count). The van der Waals surface area contributed by atoms with E-state index >= 15 is 0 Å². The van der Waals surface area contributed by atoms with E-state index in [9.17, 15) is 21.8 Å². The largest absolute Gasteiger partial charge is 0.491 e. The minimum Gasteiger partial charge on any atom is -0.491 e. The van der Waals surface area contributed by atoms with Gasteiger partial charge in [-0.15, -0.1) is 0 Å². The van der Waals surface area contributed by atoms with E-state index in [1.54, 1.807) is 37.4 Å². The van der Waals surface area contributed by atoms with Crippen LogP contribution in [0.1, 0.15) is 25.8 Å². The summed E-state index contributed by atoms with van der Waals surface area (Å²) in [4.78, 5) is 26.3. The molecule has 2 aromatic heterocycles. The van der Waals surface area contributed by atoms with E-state index in [0.717, 1.165) is 26.8 Å². The van der Waals surface area contributed by atoms with Gasteiger partial charge in [-0.2, -0.15) is 8.78 Å². The maximum atomic E-state index is 14.4. The summed E-state index contributed by atoms with van der Waals surface area (Å²) in [5, 5.41) is 1.61. The molecule has 0 aliphatic rings. The van der Waals surface area contributed by atoms with Gasteiger partial charge in [-0.1, -0.05) is 26.0 Å². The molecule has 41 heavy (non-hydrogen) atoms. The van der Waals surface area contributed by atoms with Crippen molar-refractivity contribution in [3.63, 3.8) is 0 Å². The second kappa shape index (κ2) is 12.1. The average molecular weight is 612 g/mol. The molecule has 10 nitrogen and oxygen atoms in total. The third kappa shape index (κ3) is 7.11. The Hall–Kier alpha value is -2.93. The van der Waals surface area contributed by atoms with Crippen molar-refractivity contribution in [2.45, 2.75) is 38.1 Å². The Morgan fingerprint density at radius 1 is 1.15 bits per heavy atom. The SMILES string of the molecule is CCN(CCCOc1ccc(-c2cccc(S(=O)(=O)CC)c2)c2c1[nH]c1ncc(C)cc12)C(F)(F)COP(=O)(O)O. The number of aryl methyl sites for hydroxylation is 1. The smallest absolute Gasteiger partial charge is 0.469 e. The fourth-order valence-corrected chi connectivity index (χ4v) is 5.84. The van der Waals surface area contributed by atoms with Gasteiger partial charge in [0.1, 0.15) is 18.0 Å². The van der Waals surface area contributed by atoms with Crippen molar-refractivity contribution in [3.8, 4) is 16.9 Å². The number of rotatable bonds is 13. The molecule has 222 valence electrons. The fourth-order valence-electron chi connectivity index (χ4n) is 4.59. The fraction of sp³-hybridized carbons (Fsp3) is 0.370. The number of hydrogen-bond donors (Lipinski definition) is 3. The van der Waals surface area contributed by atoms with Gasteiger partial charge in [0.05, 0.1) is 22.8 Å². The van der Waals surface area contributed by atoms with Crippen molar-refractivity contribution < 1.29 is 40.8 Å². The second-order valence-electron chi connectivity index (χ2n) is 9.54. The van der Waals surface area contributed by atoms with E-state index in [1.165, 1.54) is 6.92 Å². The summed E-state index contributed by atoms with van der Waals surface area (Å²) in [6.07, 6.45) is 1.92. The molecular weight excluding hydrogens is 579 g/mol. The van der Waals surface area contributed by atoms with E-state index in [4.69, 9.17) is 14.5 Å². The normalized spacial score (nSPS) is 13.0. The molecule has 0 radical (unpaired) electrons. The van der Waals surface area contributed by atoms with Crippen molar-refractivity contribution in [3.05, 3.63) is 54.2 Å². The van der Waals surface area contributed by atoms with E-state index in [-0.39, 0.29) is 36.8 Å². The molecule has 0 bridgehead atoms. The van der Waals surface area contributed by atoms with Crippen molar-refractivity contribution >= 4 is 39.6 Å². The Balaban J connectivity index is 1.62. The summed E-state index contributed by atoms with van der Waals surface area (Å²) in [5.41, 5.74) is 3.66. The number of ether oxygens (including phenoxy) is 1. The van der Waals surface area contributed by atoms with Crippen molar-refractivity contribution in [2.75, 3.05) is 32.1 Å². The molecule has 0 saturated heterocycles. The molecule has 4 aromatic rings. The van der Waals surface area contributed by atoms with Crippen molar-refractivity contribution in [1.82, 2.24) is 14.9 Å². The van der Waals surface area contributed by atoms with Crippen LogP contribution in [0.5, 0.6) is 5.75 Å². The first-order valence-electron chi connectivity index (χ1n) is 13.0. The number of phosphoric ester groups is 1. The Labute approximate surface area is 236 Å². The van der Waals surface area contributed by atoms with E-state index in [2.05, 4.69) is 14.5 Å². The lowest BCUT2D eigenvalue weighted by molar-refractivity contribution is -0.169. The summed E-state index contributed by atoms with van der Waals surface area (Å²) >= 11 is 0. The van der Waals surface area contributed by atoms with Gasteiger partial charge in [-0.3, -0.25) is 4.52 Å². The molecule has 0 spiro atoms. The lowest BCUT2D eigenvalue weighted by Crippen LogP contribution is -2.45. The third-order valence-corrected chi connectivity index (χ3v) is 8.87. The summed E-state index contributed by atoms with van der Waals surface area (Å²) in [5.74, 6) is 0.448. The van der Waals surface area contributed by atoms with Crippen LogP contribution in [0.3, 0.4) is 0 Å². The first kappa shape index (κ1) is 31.0. The Bertz CT molecular complexity index is 1710. The lowest BCUT2D eigenvalue weighted by atomic mass is 9.99. The number of sulfone groups is 1. The second-order valence-corrected chi connectivity index (χ2v) is 13.1. The van der Waals surface area contributed by atoms with Crippen LogP contribution < -0.4 is 4.74 Å². The van der Waals surface area contributed by atoms with Gasteiger partial charge in [0.2, 0.25) is 0 Å². The number of H-pyrrole nitrogens is 1. The number of likely N-dealkylation sites (N-methyl/N-ethyl adjacent to an activating group) is 1. The standard InChI is InChI=1S/C27H32F2N3O7PS/c1-4-32(27(28,29)17-39-40(33,34)35)12-7-13-38-23-11-10-21(19-8-6-9-20(15-19)41(36,37)5-2)24-22-14-18(3)16-30-26(22)31-25(23)24/h6,8-11,14-16H,4-5,7,12-13,17H2,1-3H3,(H,30,31)(H2,33,34,35). The highest BCUT2D eigenvalue weighted by molar-refractivity contribution is 7.91. The predicted octanol–water partition coefficient (Wildman–Crippen LogP) is 5.28. The Morgan fingerprint density at radius 3 is 2.59 bits per heavy atom. The number of alkyl halides is 2. The summed E-state index contributed by atoms with van der Waals surface area (Å²) in [6, 6.07) is 8.71. The number of phosphoric acid groups is 1. The number of nitrogens with zero attached hydrogens (tertiary/aromatic N) is 2. The molecule has 0 fully saturated rings. The predicted molar refractivity (Wildman–Crippen MR) is 152 cm³/mol. The summed E-state index contributed by atoms with van der Waals surface area (Å²) in [6.45, 7) is 3.48. The first-order valence-corrected chi connectivity index (χ1v) is 16.1. The zero-order chi connectivity index (χ0) is 30.0. The molecule has 2 heterocycles. The van der Waals surface area contributed by atoms with Crippen LogP contribution in [0.2, 0.25) is 0 Å². The monoisotopic (exact) mass is 611 g/mol. The number of hydrogen-bond acceptors (Lipinski definition) is 7. The third-order valence-electron chi connectivity index (χ3n) is 6.67. The highest BCUT2D eigenvalue weighted by Gasteiger charge is 2.38. The summed E-state index contributed by atoms with van der Waals surface area (Å²) in [7, 11) is -8.45. The molecule has 3 N–H and O–H groups in total. The zero-order valence-electron chi connectivity index (χ0n) is 22.8. The number of nitrogens with one attached hydrogen (secondary N) is 1. The highest BCUT2D eigenvalue weighted by atomic mass is 32.2. The van der Waals surface area contributed by atoms with Crippen LogP contribution in [0.15, 0.2) is 53.6 Å². The van der Waals surface area contributed by atoms with Crippen molar-refractivity contribution in [1.29, 1.82) is 0 Å². The van der Waals surface area contributed by atoms with E-state index in [1.807, 2.05) is 25.1 Å². The van der Waals surface area contributed by atoms with Gasteiger partial charge in [-0.25, -0.2) is 22.9 Å². The molecule has 2 aromatic carbocycles. The Morgan fingerprint density at radius 2 is 1.90 bits per heavy atom. The van der Waals surface area contributed by atoms with Gasteiger partial charge in [0, 0.05) is 30.1 Å². The van der Waals surface area contributed by atoms with Crippen LogP contribution >= 0.6 is 7.82 Å². The molecule has 14 heteroatoms. The average Bonchev–Trinajstić information content (AvgIpc) is 3.30. The van der Waals surface area contributed by atoms with Crippen LogP contribution in [0.25, 0.3) is 33.1 Å². The van der Waals surface area contributed by atoms with Gasteiger partial charge < -0.3 is 19.5 Å². The van der Waals surface area contributed by atoms with Crippen LogP contribution in [0, 0.1) is 6.92 Å². The van der Waals surface area contributed by atoms with Gasteiger partial charge in [-0.05, 0) is 60.4 Å². The first-order chi connectivity index (χ1) is 19.3. The number of pyridine rings is 1. The zero-order valence-corrected chi connectivity index (χ0v) is 24.5. The maximum Gasteiger partial charge on any atom is 0.469 e. The minimum absolute atomic E-state index is 0.0209. The van der Waals surface area contributed by atoms with Crippen LogP contribution in [-0.2, 0) is 18.9 Å². The number of fused-ring (bicyclic) bond motifs is 3. The van der Waals surface area contributed by atoms with Crippen molar-refractivity contribution in [2.24, 2.45) is 0 Å². The van der Waals surface area contributed by atoms with Crippen LogP contribution in [0.4, 0.5) is 8.78 Å². The highest BCUT2D eigenvalue weighted by Crippen LogP contribution is 2.40. The maximum absolute atomic E-state index is 14.4. The van der Waals surface area contributed by atoms with E-state index < -0.39 is 30.3 Å². The number of aromatic nitrogens is 2. The molecule has 0 aliphatic carbocycles. The Kier molecular flexibility index (Phi) is 9.17. The lowest BCUT2D eigenvalue weighted by Gasteiger charge is -2.29. The minimum atomic E-state index is -5.03. The summed E-state index contributed by atoms with van der Waals surface area (Å²) < 4.78 is 74.8. The topological polar surface area (TPSA) is 142 Å². The van der Waals surface area contributed by atoms with Gasteiger partial charge in [0.25, 0.3) is 0 Å². The molecule has 0 aliphatic heterocycles. The quantitative estimate of drug-likeness (QED) is 0.105. The number of benzene rings is 2. The van der Waals surface area contributed by atoms with Crippen LogP contribution in [-0.4, -0.2) is 71.2 Å². The molecule has 0 saturated carbocycles. The number of aromatic amines is 1. The molecule has 0 unspecified atom stereocenters. The van der Waals surface area contributed by atoms with Gasteiger partial charge >= 0.3 is 13.9 Å².